The van der Waals surface area contributed by atoms with Crippen molar-refractivity contribution in [1.29, 1.82) is 5.26 Å². The topological polar surface area (TPSA) is 102 Å². The summed E-state index contributed by atoms with van der Waals surface area (Å²) in [5, 5.41) is 8.78. The molecule has 2 N–H and O–H groups in total. The molecule has 0 unspecified atom stereocenters. The maximum atomic E-state index is 11.3. The van der Waals surface area contributed by atoms with E-state index in [1.807, 2.05) is 6.07 Å². The van der Waals surface area contributed by atoms with Crippen molar-refractivity contribution in [3.8, 4) is 6.07 Å². The molecule has 0 fully saturated rings. The van der Waals surface area contributed by atoms with Crippen molar-refractivity contribution in [2.45, 2.75) is 6.42 Å². The number of hydrogen-bond donors (Lipinski definition) is 2. The van der Waals surface area contributed by atoms with Crippen LogP contribution >= 0.6 is 11.5 Å². The second-order valence-electron chi connectivity index (χ2n) is 2.58. The van der Waals surface area contributed by atoms with Crippen molar-refractivity contribution >= 4 is 21.7 Å². The average Bonchev–Trinajstić information content (AvgIpc) is 2.49. The number of rotatable bonds is 1. The predicted molar refractivity (Wildman–Crippen MR) is 50.2 cm³/mol. The normalized spacial score (nSPS) is 10.2. The van der Waals surface area contributed by atoms with Gasteiger partial charge >= 0.3 is 5.69 Å². The van der Waals surface area contributed by atoms with E-state index in [-0.39, 0.29) is 6.42 Å². The van der Waals surface area contributed by atoms with Crippen LogP contribution in [0.25, 0.3) is 10.2 Å². The quantitative estimate of drug-likeness (QED) is 0.673. The lowest BCUT2D eigenvalue weighted by Gasteiger charge is -1.87. The zero-order chi connectivity index (χ0) is 10.1. The first kappa shape index (κ1) is 8.65. The van der Waals surface area contributed by atoms with Gasteiger partial charge in [-0.15, -0.1) is 0 Å². The van der Waals surface area contributed by atoms with Gasteiger partial charge in [-0.25, -0.2) is 4.79 Å². The van der Waals surface area contributed by atoms with E-state index >= 15 is 0 Å². The van der Waals surface area contributed by atoms with E-state index in [4.69, 9.17) is 5.26 Å². The largest absolute Gasteiger partial charge is 0.326 e. The molecule has 2 rings (SSSR count). The van der Waals surface area contributed by atoms with Gasteiger partial charge in [0.1, 0.15) is 4.83 Å². The molecule has 0 aromatic carbocycles. The molecule has 0 bridgehead atoms. The zero-order valence-corrected chi connectivity index (χ0v) is 7.64. The van der Waals surface area contributed by atoms with Gasteiger partial charge in [-0.1, -0.05) is 0 Å². The summed E-state index contributed by atoms with van der Waals surface area (Å²) in [6.45, 7) is 0. The van der Waals surface area contributed by atoms with Gasteiger partial charge in [-0.3, -0.25) is 14.8 Å². The van der Waals surface area contributed by atoms with E-state index in [1.54, 1.807) is 0 Å². The number of nitriles is 1. The van der Waals surface area contributed by atoms with E-state index in [9.17, 15) is 9.59 Å². The Hall–Kier alpha value is -1.94. The number of nitrogens with one attached hydrogen (secondary N) is 2. The maximum absolute atomic E-state index is 11.3. The Kier molecular flexibility index (Phi) is 1.90. The molecule has 14 heavy (non-hydrogen) atoms. The molecule has 2 heterocycles. The van der Waals surface area contributed by atoms with Crippen LogP contribution in [-0.2, 0) is 6.42 Å². The van der Waals surface area contributed by atoms with Crippen molar-refractivity contribution < 1.29 is 0 Å². The van der Waals surface area contributed by atoms with E-state index < -0.39 is 11.2 Å². The summed E-state index contributed by atoms with van der Waals surface area (Å²) in [4.78, 5) is 27.2. The molecule has 0 aliphatic heterocycles. The molecule has 0 saturated carbocycles. The lowest BCUT2D eigenvalue weighted by atomic mass is 10.2. The highest BCUT2D eigenvalue weighted by molar-refractivity contribution is 7.12. The summed E-state index contributed by atoms with van der Waals surface area (Å²) >= 11 is 1.01. The van der Waals surface area contributed by atoms with Crippen LogP contribution in [0.1, 0.15) is 5.69 Å². The number of hydrogen-bond acceptors (Lipinski definition) is 5. The Bertz CT molecular complexity index is 629. The molecular weight excluding hydrogens is 204 g/mol. The van der Waals surface area contributed by atoms with Crippen molar-refractivity contribution in [3.63, 3.8) is 0 Å². The second-order valence-corrected chi connectivity index (χ2v) is 3.35. The molecule has 6 nitrogen and oxygen atoms in total. The van der Waals surface area contributed by atoms with Gasteiger partial charge in [0.05, 0.1) is 23.6 Å². The van der Waals surface area contributed by atoms with Crippen molar-refractivity contribution in [3.05, 3.63) is 26.5 Å². The van der Waals surface area contributed by atoms with Crippen molar-refractivity contribution in [1.82, 2.24) is 14.3 Å². The highest BCUT2D eigenvalue weighted by Gasteiger charge is 2.10. The van der Waals surface area contributed by atoms with Crippen LogP contribution in [0.15, 0.2) is 9.59 Å². The van der Waals surface area contributed by atoms with Gasteiger partial charge < -0.3 is 0 Å². The molecule has 0 aliphatic carbocycles. The fourth-order valence-corrected chi connectivity index (χ4v) is 1.94. The fraction of sp³-hybridized carbons (Fsp3) is 0.143. The minimum Gasteiger partial charge on any atom is -0.297 e. The highest BCUT2D eigenvalue weighted by Crippen LogP contribution is 2.15. The SMILES string of the molecule is N#CCc1nsc2[nH]c(=O)[nH]c(=O)c12. The van der Waals surface area contributed by atoms with Crippen molar-refractivity contribution in [2.75, 3.05) is 0 Å². The molecule has 70 valence electrons. The number of aromatic amines is 2. The summed E-state index contributed by atoms with van der Waals surface area (Å²) in [6, 6.07) is 1.90. The van der Waals surface area contributed by atoms with Gasteiger partial charge in [0.2, 0.25) is 0 Å². The first-order valence-electron chi connectivity index (χ1n) is 3.70. The van der Waals surface area contributed by atoms with E-state index in [2.05, 4.69) is 14.3 Å². The monoisotopic (exact) mass is 208 g/mol. The first-order chi connectivity index (χ1) is 6.72. The van der Waals surface area contributed by atoms with Gasteiger partial charge in [0.25, 0.3) is 5.56 Å². The number of H-pyrrole nitrogens is 2. The van der Waals surface area contributed by atoms with Crippen LogP contribution in [0, 0.1) is 11.3 Å². The highest BCUT2D eigenvalue weighted by atomic mass is 32.1. The van der Waals surface area contributed by atoms with E-state index in [0.29, 0.717) is 15.9 Å². The lowest BCUT2D eigenvalue weighted by Crippen LogP contribution is -2.21. The third-order valence-electron chi connectivity index (χ3n) is 1.69. The molecule has 0 aliphatic rings. The Morgan fingerprint density at radius 2 is 2.21 bits per heavy atom. The summed E-state index contributed by atoms with van der Waals surface area (Å²) in [7, 11) is 0. The van der Waals surface area contributed by atoms with Gasteiger partial charge in [-0.2, -0.15) is 9.64 Å². The molecule has 0 spiro atoms. The molecule has 2 aromatic rings. The van der Waals surface area contributed by atoms with Crippen molar-refractivity contribution in [2.24, 2.45) is 0 Å². The molecule has 0 atom stereocenters. The fourth-order valence-electron chi connectivity index (χ4n) is 1.14. The number of aromatic nitrogens is 3. The second kappa shape index (κ2) is 3.08. The molecule has 0 saturated heterocycles. The van der Waals surface area contributed by atoms with E-state index in [1.165, 1.54) is 0 Å². The Morgan fingerprint density at radius 3 is 2.93 bits per heavy atom. The van der Waals surface area contributed by atoms with Gasteiger partial charge in [-0.05, 0) is 11.5 Å². The number of fused-ring (bicyclic) bond motifs is 1. The first-order valence-corrected chi connectivity index (χ1v) is 4.47. The summed E-state index contributed by atoms with van der Waals surface area (Å²) in [6.07, 6.45) is 0.0646. The third-order valence-corrected chi connectivity index (χ3v) is 2.49. The predicted octanol–water partition coefficient (Wildman–Crippen LogP) is -0.261. The van der Waals surface area contributed by atoms with Crippen LogP contribution in [-0.4, -0.2) is 14.3 Å². The van der Waals surface area contributed by atoms with Gasteiger partial charge in [0.15, 0.2) is 0 Å². The Balaban J connectivity index is 2.87. The zero-order valence-electron chi connectivity index (χ0n) is 6.83. The van der Waals surface area contributed by atoms with Crippen LogP contribution in [0.4, 0.5) is 0 Å². The smallest absolute Gasteiger partial charge is 0.297 e. The summed E-state index contributed by atoms with van der Waals surface area (Å²) < 4.78 is 3.92. The molecule has 7 heteroatoms. The van der Waals surface area contributed by atoms with Crippen LogP contribution in [0.2, 0.25) is 0 Å². The Labute approximate surface area is 81.0 Å². The van der Waals surface area contributed by atoms with Gasteiger partial charge in [0, 0.05) is 0 Å². The average molecular weight is 208 g/mol. The third kappa shape index (κ3) is 1.22. The van der Waals surface area contributed by atoms with Crippen LogP contribution < -0.4 is 11.2 Å². The van der Waals surface area contributed by atoms with Crippen LogP contribution in [0.3, 0.4) is 0 Å². The molecule has 0 amide bonds. The van der Waals surface area contributed by atoms with E-state index in [0.717, 1.165) is 11.5 Å². The standard InChI is InChI=1S/C7H4N4O2S/c8-2-1-3-4-5(12)9-7(13)10-6(4)14-11-3/h1H2,(H2,9,10,12,13). The molecule has 0 radical (unpaired) electrons. The summed E-state index contributed by atoms with van der Waals surface area (Å²) in [5.74, 6) is 0. The molecular formula is C7H4N4O2S. The Morgan fingerprint density at radius 1 is 1.43 bits per heavy atom. The minimum atomic E-state index is -0.561. The minimum absolute atomic E-state index is 0.0646. The van der Waals surface area contributed by atoms with Crippen LogP contribution in [0.5, 0.6) is 0 Å². The number of nitrogens with zero attached hydrogens (tertiary/aromatic N) is 2. The lowest BCUT2D eigenvalue weighted by molar-refractivity contribution is 1.08. The maximum Gasteiger partial charge on any atom is 0.326 e. The summed E-state index contributed by atoms with van der Waals surface area (Å²) in [5.41, 5.74) is -0.651. The molecule has 2 aromatic heterocycles.